The molecule has 1 aliphatic rings. The monoisotopic (exact) mass is 405 g/mol. The number of alkyl halides is 3. The molecule has 0 N–H and O–H groups in total. The van der Waals surface area contributed by atoms with Gasteiger partial charge in [0.1, 0.15) is 11.9 Å². The van der Waals surface area contributed by atoms with Gasteiger partial charge in [0.15, 0.2) is 5.65 Å². The molecular formula is C19H15ClF3N5. The van der Waals surface area contributed by atoms with E-state index in [1.54, 1.807) is 18.2 Å². The van der Waals surface area contributed by atoms with Crippen molar-refractivity contribution >= 4 is 22.9 Å². The number of nitriles is 1. The summed E-state index contributed by atoms with van der Waals surface area (Å²) in [4.78, 5) is 2.04. The molecule has 0 radical (unpaired) electrons. The first kappa shape index (κ1) is 18.6. The van der Waals surface area contributed by atoms with Crippen molar-refractivity contribution in [3.63, 3.8) is 0 Å². The molecule has 2 aromatic heterocycles. The van der Waals surface area contributed by atoms with Gasteiger partial charge in [0.2, 0.25) is 0 Å². The zero-order chi connectivity index (χ0) is 19.9. The molecule has 0 amide bonds. The summed E-state index contributed by atoms with van der Waals surface area (Å²) < 4.78 is 40.7. The Kier molecular flexibility index (Phi) is 4.63. The smallest absolute Gasteiger partial charge is 0.370 e. The van der Waals surface area contributed by atoms with E-state index in [9.17, 15) is 18.4 Å². The molecule has 3 aromatic rings. The zero-order valence-electron chi connectivity index (χ0n) is 14.6. The van der Waals surface area contributed by atoms with Gasteiger partial charge in [0.05, 0.1) is 16.8 Å². The highest BCUT2D eigenvalue weighted by Crippen LogP contribution is 2.34. The molecule has 5 nitrogen and oxygen atoms in total. The lowest BCUT2D eigenvalue weighted by Crippen LogP contribution is -2.35. The SMILES string of the molecule is N#Cc1ccc(Cl)cc1N1CCCC(c2nnc3ccc(C(F)(F)F)cn23)C1. The van der Waals surface area contributed by atoms with Crippen LogP contribution in [-0.2, 0) is 6.18 Å². The van der Waals surface area contributed by atoms with Crippen molar-refractivity contribution in [3.8, 4) is 6.07 Å². The molecule has 28 heavy (non-hydrogen) atoms. The van der Waals surface area contributed by atoms with Crippen molar-refractivity contribution in [1.29, 1.82) is 5.26 Å². The van der Waals surface area contributed by atoms with Crippen molar-refractivity contribution in [2.45, 2.75) is 24.9 Å². The van der Waals surface area contributed by atoms with E-state index >= 15 is 0 Å². The maximum Gasteiger partial charge on any atom is 0.417 e. The molecule has 9 heteroatoms. The van der Waals surface area contributed by atoms with Crippen molar-refractivity contribution < 1.29 is 13.2 Å². The van der Waals surface area contributed by atoms with Crippen LogP contribution in [0.5, 0.6) is 0 Å². The summed E-state index contributed by atoms with van der Waals surface area (Å²) in [6.07, 6.45) is -1.80. The summed E-state index contributed by atoms with van der Waals surface area (Å²) in [6, 6.07) is 9.57. The van der Waals surface area contributed by atoms with Crippen LogP contribution in [0.15, 0.2) is 36.5 Å². The predicted octanol–water partition coefficient (Wildman–Crippen LogP) is 4.66. The fourth-order valence-electron chi connectivity index (χ4n) is 3.62. The molecule has 0 saturated carbocycles. The average molecular weight is 406 g/mol. The fraction of sp³-hybridized carbons (Fsp3) is 0.316. The van der Waals surface area contributed by atoms with Crippen LogP contribution in [0.1, 0.15) is 35.7 Å². The van der Waals surface area contributed by atoms with E-state index in [2.05, 4.69) is 16.3 Å². The Morgan fingerprint density at radius 3 is 2.75 bits per heavy atom. The Hall–Kier alpha value is -2.79. The molecule has 1 unspecified atom stereocenters. The van der Waals surface area contributed by atoms with Gasteiger partial charge in [-0.05, 0) is 43.2 Å². The minimum absolute atomic E-state index is 0.113. The van der Waals surface area contributed by atoms with Crippen LogP contribution in [0.25, 0.3) is 5.65 Å². The highest BCUT2D eigenvalue weighted by molar-refractivity contribution is 6.30. The Balaban J connectivity index is 1.69. The van der Waals surface area contributed by atoms with Crippen LogP contribution in [0.3, 0.4) is 0 Å². The molecule has 1 fully saturated rings. The highest BCUT2D eigenvalue weighted by Gasteiger charge is 2.32. The fourth-order valence-corrected chi connectivity index (χ4v) is 3.79. The molecule has 4 rings (SSSR count). The number of rotatable bonds is 2. The molecule has 144 valence electrons. The second-order valence-corrected chi connectivity index (χ2v) is 7.20. The largest absolute Gasteiger partial charge is 0.417 e. The van der Waals surface area contributed by atoms with Crippen molar-refractivity contribution in [2.24, 2.45) is 0 Å². The first-order valence-corrected chi connectivity index (χ1v) is 9.11. The Morgan fingerprint density at radius 1 is 1.18 bits per heavy atom. The zero-order valence-corrected chi connectivity index (χ0v) is 15.4. The quantitative estimate of drug-likeness (QED) is 0.622. The van der Waals surface area contributed by atoms with Crippen molar-refractivity contribution in [2.75, 3.05) is 18.0 Å². The van der Waals surface area contributed by atoms with E-state index in [1.807, 2.05) is 4.90 Å². The normalized spacial score (nSPS) is 17.7. The number of halogens is 4. The van der Waals surface area contributed by atoms with Crippen LogP contribution in [0.2, 0.25) is 5.02 Å². The molecular weight excluding hydrogens is 391 g/mol. The maximum absolute atomic E-state index is 13.1. The van der Waals surface area contributed by atoms with Crippen molar-refractivity contribution in [3.05, 3.63) is 58.5 Å². The third kappa shape index (κ3) is 3.38. The van der Waals surface area contributed by atoms with Crippen LogP contribution in [-0.4, -0.2) is 27.7 Å². The minimum atomic E-state index is -4.43. The van der Waals surface area contributed by atoms with Gasteiger partial charge in [0.25, 0.3) is 0 Å². The summed E-state index contributed by atoms with van der Waals surface area (Å²) in [5, 5.41) is 18.1. The van der Waals surface area contributed by atoms with E-state index in [1.165, 1.54) is 10.5 Å². The van der Waals surface area contributed by atoms with Crippen LogP contribution < -0.4 is 4.90 Å². The summed E-state index contributed by atoms with van der Waals surface area (Å²) >= 11 is 6.10. The van der Waals surface area contributed by atoms with Crippen LogP contribution in [0.4, 0.5) is 18.9 Å². The van der Waals surface area contributed by atoms with Gasteiger partial charge in [-0.15, -0.1) is 10.2 Å². The van der Waals surface area contributed by atoms with Gasteiger partial charge in [-0.1, -0.05) is 11.6 Å². The lowest BCUT2D eigenvalue weighted by atomic mass is 9.96. The number of aromatic nitrogens is 3. The van der Waals surface area contributed by atoms with E-state index < -0.39 is 11.7 Å². The standard InChI is InChI=1S/C19H15ClF3N5/c20-15-5-3-12(9-24)16(8-15)27-7-1-2-13(10-27)18-26-25-17-6-4-14(11-28(17)18)19(21,22)23/h3-6,8,11,13H,1-2,7,10H2. The number of benzene rings is 1. The maximum atomic E-state index is 13.1. The Labute approximate surface area is 164 Å². The highest BCUT2D eigenvalue weighted by atomic mass is 35.5. The molecule has 1 atom stereocenters. The van der Waals surface area contributed by atoms with Gasteiger partial charge < -0.3 is 4.90 Å². The Bertz CT molecular complexity index is 1070. The summed E-state index contributed by atoms with van der Waals surface area (Å²) in [5.74, 6) is 0.379. The van der Waals surface area contributed by atoms with Gasteiger partial charge in [-0.2, -0.15) is 18.4 Å². The lowest BCUT2D eigenvalue weighted by molar-refractivity contribution is -0.137. The summed E-state index contributed by atoms with van der Waals surface area (Å²) in [7, 11) is 0. The number of pyridine rings is 1. The molecule has 3 heterocycles. The van der Waals surface area contributed by atoms with E-state index in [0.717, 1.165) is 37.3 Å². The van der Waals surface area contributed by atoms with Gasteiger partial charge in [-0.25, -0.2) is 0 Å². The molecule has 1 aliphatic heterocycles. The number of fused-ring (bicyclic) bond motifs is 1. The molecule has 0 aliphatic carbocycles. The third-order valence-electron chi connectivity index (χ3n) is 4.96. The van der Waals surface area contributed by atoms with E-state index in [-0.39, 0.29) is 5.92 Å². The second-order valence-electron chi connectivity index (χ2n) is 6.76. The summed E-state index contributed by atoms with van der Waals surface area (Å²) in [5.41, 5.74) is 0.871. The predicted molar refractivity (Wildman–Crippen MR) is 98.3 cm³/mol. The first-order valence-electron chi connectivity index (χ1n) is 8.73. The van der Waals surface area contributed by atoms with Crippen LogP contribution in [0, 0.1) is 11.3 Å². The van der Waals surface area contributed by atoms with Crippen molar-refractivity contribution in [1.82, 2.24) is 14.6 Å². The van der Waals surface area contributed by atoms with Crippen LogP contribution >= 0.6 is 11.6 Å². The van der Waals surface area contributed by atoms with Gasteiger partial charge >= 0.3 is 6.18 Å². The molecule has 1 aromatic carbocycles. The molecule has 0 bridgehead atoms. The topological polar surface area (TPSA) is 57.2 Å². The van der Waals surface area contributed by atoms with Gasteiger partial charge in [-0.3, -0.25) is 4.40 Å². The molecule has 0 spiro atoms. The number of hydrogen-bond donors (Lipinski definition) is 0. The average Bonchev–Trinajstić information content (AvgIpc) is 3.10. The van der Waals surface area contributed by atoms with E-state index in [4.69, 9.17) is 11.6 Å². The second kappa shape index (κ2) is 6.99. The Morgan fingerprint density at radius 2 is 2.00 bits per heavy atom. The third-order valence-corrected chi connectivity index (χ3v) is 5.20. The van der Waals surface area contributed by atoms with E-state index in [0.29, 0.717) is 28.6 Å². The minimum Gasteiger partial charge on any atom is -0.370 e. The number of piperidine rings is 1. The number of anilines is 1. The van der Waals surface area contributed by atoms with Gasteiger partial charge in [0, 0.05) is 30.2 Å². The number of hydrogen-bond acceptors (Lipinski definition) is 4. The summed E-state index contributed by atoms with van der Waals surface area (Å²) in [6.45, 7) is 1.25. The number of nitrogens with zero attached hydrogens (tertiary/aromatic N) is 5. The first-order chi connectivity index (χ1) is 13.4. The molecule has 1 saturated heterocycles. The lowest BCUT2D eigenvalue weighted by Gasteiger charge is -2.34.